The summed E-state index contributed by atoms with van der Waals surface area (Å²) >= 11 is 1.05. The number of hydrogen-bond acceptors (Lipinski definition) is 5. The fourth-order valence-electron chi connectivity index (χ4n) is 2.02. The molecule has 0 bridgehead atoms. The lowest BCUT2D eigenvalue weighted by atomic mass is 9.91. The van der Waals surface area contributed by atoms with Gasteiger partial charge in [0.25, 0.3) is 6.47 Å². The number of halogens is 1. The number of carbonyl (C=O) groups is 1. The minimum atomic E-state index is -0.480. The molecule has 0 saturated carbocycles. The number of aliphatic hydroxyl groups is 1. The molecule has 1 aliphatic heterocycles. The van der Waals surface area contributed by atoms with Crippen molar-refractivity contribution in [2.24, 2.45) is 5.92 Å². The third-order valence-corrected chi connectivity index (χ3v) is 4.06. The van der Waals surface area contributed by atoms with E-state index in [1.165, 1.54) is 6.07 Å². The van der Waals surface area contributed by atoms with Gasteiger partial charge in [-0.2, -0.15) is 4.39 Å². The lowest BCUT2D eigenvalue weighted by Gasteiger charge is -2.26. The minimum Gasteiger partial charge on any atom is -0.462 e. The van der Waals surface area contributed by atoms with Crippen molar-refractivity contribution in [3.63, 3.8) is 0 Å². The highest BCUT2D eigenvalue weighted by Gasteiger charge is 2.24. The van der Waals surface area contributed by atoms with Gasteiger partial charge in [0, 0.05) is 4.88 Å². The van der Waals surface area contributed by atoms with Crippen LogP contribution in [0.4, 0.5) is 4.39 Å². The van der Waals surface area contributed by atoms with E-state index in [4.69, 9.17) is 0 Å². The number of aliphatic hydroxyl groups excluding tert-OH is 1. The molecule has 0 spiro atoms. The highest BCUT2D eigenvalue weighted by Crippen LogP contribution is 2.32. The summed E-state index contributed by atoms with van der Waals surface area (Å²) in [6.07, 6.45) is 1.47. The molecule has 21 heavy (non-hydrogen) atoms. The van der Waals surface area contributed by atoms with Gasteiger partial charge in [-0.15, -0.1) is 11.3 Å². The average molecular weight is 317 g/mol. The van der Waals surface area contributed by atoms with Crippen LogP contribution >= 0.6 is 11.3 Å². The molecule has 1 aromatic rings. The molecule has 2 N–H and O–H groups in total. The Morgan fingerprint density at radius 2 is 2.05 bits per heavy atom. The molecular formula is C15H24FNO3S. The maximum absolute atomic E-state index is 12.7. The number of carbonyl (C=O) groups excluding carboxylic acids is 1. The molecule has 1 aromatic heterocycles. The van der Waals surface area contributed by atoms with Crippen LogP contribution in [0, 0.1) is 11.0 Å². The van der Waals surface area contributed by atoms with Crippen LogP contribution in [0.1, 0.15) is 44.6 Å². The van der Waals surface area contributed by atoms with Crippen molar-refractivity contribution in [2.75, 3.05) is 13.1 Å². The van der Waals surface area contributed by atoms with Gasteiger partial charge in [0.15, 0.2) is 5.13 Å². The van der Waals surface area contributed by atoms with Gasteiger partial charge in [0.05, 0.1) is 6.10 Å². The molecule has 0 aromatic carbocycles. The Labute approximate surface area is 129 Å². The molecule has 1 atom stereocenters. The van der Waals surface area contributed by atoms with E-state index < -0.39 is 6.10 Å². The summed E-state index contributed by atoms with van der Waals surface area (Å²) in [4.78, 5) is 10.4. The van der Waals surface area contributed by atoms with Crippen LogP contribution in [-0.4, -0.2) is 30.3 Å². The predicted octanol–water partition coefficient (Wildman–Crippen LogP) is 2.88. The van der Waals surface area contributed by atoms with Gasteiger partial charge in [-0.1, -0.05) is 0 Å². The molecule has 2 heterocycles. The standard InChI is InChI=1S/C10H14FNOS.C5H10O2/c11-9-2-1-8(14-9)10(13)7-3-5-12-6-4-7;1-5(2,3)7-4-6/h1-2,7,10,12-13H,3-6H2;4H,1-3H3. The molecule has 2 rings (SSSR count). The Kier molecular flexibility index (Phi) is 7.28. The first-order chi connectivity index (χ1) is 9.83. The lowest BCUT2D eigenvalue weighted by molar-refractivity contribution is -0.138. The Bertz CT molecular complexity index is 425. The number of thiophene rings is 1. The van der Waals surface area contributed by atoms with Crippen molar-refractivity contribution in [2.45, 2.75) is 45.3 Å². The maximum atomic E-state index is 12.7. The Balaban J connectivity index is 0.000000270. The average Bonchev–Trinajstić information content (AvgIpc) is 2.85. The second kappa shape index (κ2) is 8.46. The van der Waals surface area contributed by atoms with Crippen LogP contribution in [0.5, 0.6) is 0 Å². The van der Waals surface area contributed by atoms with Crippen molar-refractivity contribution >= 4 is 17.8 Å². The summed E-state index contributed by atoms with van der Waals surface area (Å²) in [6, 6.07) is 3.11. The number of piperidine rings is 1. The van der Waals surface area contributed by atoms with E-state index in [9.17, 15) is 14.3 Å². The van der Waals surface area contributed by atoms with Crippen LogP contribution in [0.25, 0.3) is 0 Å². The van der Waals surface area contributed by atoms with Crippen molar-refractivity contribution in [3.05, 3.63) is 22.1 Å². The SMILES string of the molecule is CC(C)(C)OC=O.OC(c1ccc(F)s1)C1CCNCC1. The first-order valence-corrected chi connectivity index (χ1v) is 7.90. The second-order valence-electron chi connectivity index (χ2n) is 6.00. The summed E-state index contributed by atoms with van der Waals surface area (Å²) < 4.78 is 17.3. The molecule has 0 aliphatic carbocycles. The molecule has 1 aliphatic rings. The molecule has 120 valence electrons. The molecule has 0 amide bonds. The largest absolute Gasteiger partial charge is 0.462 e. The second-order valence-corrected chi connectivity index (χ2v) is 7.07. The summed E-state index contributed by atoms with van der Waals surface area (Å²) in [6.45, 7) is 7.83. The van der Waals surface area contributed by atoms with Gasteiger partial charge >= 0.3 is 0 Å². The van der Waals surface area contributed by atoms with Crippen molar-refractivity contribution in [1.82, 2.24) is 5.32 Å². The van der Waals surface area contributed by atoms with E-state index >= 15 is 0 Å². The quantitative estimate of drug-likeness (QED) is 0.842. The zero-order valence-corrected chi connectivity index (χ0v) is 13.6. The number of hydrogen-bond donors (Lipinski definition) is 2. The fraction of sp³-hybridized carbons (Fsp3) is 0.667. The first kappa shape index (κ1) is 18.1. The van der Waals surface area contributed by atoms with Crippen LogP contribution in [0.3, 0.4) is 0 Å². The molecule has 1 fully saturated rings. The molecule has 6 heteroatoms. The van der Waals surface area contributed by atoms with E-state index in [0.29, 0.717) is 6.47 Å². The van der Waals surface area contributed by atoms with E-state index in [-0.39, 0.29) is 16.6 Å². The predicted molar refractivity (Wildman–Crippen MR) is 81.7 cm³/mol. The Morgan fingerprint density at radius 1 is 1.43 bits per heavy atom. The van der Waals surface area contributed by atoms with Gasteiger partial charge in [0.2, 0.25) is 0 Å². The molecular weight excluding hydrogens is 293 g/mol. The molecule has 1 saturated heterocycles. The summed E-state index contributed by atoms with van der Waals surface area (Å²) in [5, 5.41) is 13.0. The number of rotatable bonds is 3. The van der Waals surface area contributed by atoms with Crippen molar-refractivity contribution in [1.29, 1.82) is 0 Å². The zero-order chi connectivity index (χ0) is 15.9. The zero-order valence-electron chi connectivity index (χ0n) is 12.8. The smallest absolute Gasteiger partial charge is 0.293 e. The van der Waals surface area contributed by atoms with Gasteiger partial charge in [-0.05, 0) is 64.8 Å². The van der Waals surface area contributed by atoms with E-state index in [0.717, 1.165) is 42.1 Å². The van der Waals surface area contributed by atoms with Crippen LogP contribution < -0.4 is 5.32 Å². The van der Waals surface area contributed by atoms with Gasteiger partial charge < -0.3 is 15.2 Å². The van der Waals surface area contributed by atoms with E-state index in [2.05, 4.69) is 10.1 Å². The molecule has 4 nitrogen and oxygen atoms in total. The topological polar surface area (TPSA) is 58.6 Å². The highest BCUT2D eigenvalue weighted by molar-refractivity contribution is 7.10. The highest BCUT2D eigenvalue weighted by atomic mass is 32.1. The van der Waals surface area contributed by atoms with Crippen LogP contribution in [-0.2, 0) is 9.53 Å². The van der Waals surface area contributed by atoms with E-state index in [1.54, 1.807) is 6.07 Å². The monoisotopic (exact) mass is 317 g/mol. The molecule has 0 radical (unpaired) electrons. The van der Waals surface area contributed by atoms with Gasteiger partial charge in [0.1, 0.15) is 5.60 Å². The third kappa shape index (κ3) is 7.02. The van der Waals surface area contributed by atoms with Crippen LogP contribution in [0.2, 0.25) is 0 Å². The summed E-state index contributed by atoms with van der Waals surface area (Å²) in [7, 11) is 0. The lowest BCUT2D eigenvalue weighted by Crippen LogP contribution is -2.30. The Hall–Kier alpha value is -0.980. The van der Waals surface area contributed by atoms with Crippen LogP contribution in [0.15, 0.2) is 12.1 Å². The number of nitrogens with one attached hydrogen (secondary N) is 1. The van der Waals surface area contributed by atoms with Crippen molar-refractivity contribution in [3.8, 4) is 0 Å². The minimum absolute atomic E-state index is 0.215. The third-order valence-electron chi connectivity index (χ3n) is 3.12. The summed E-state index contributed by atoms with van der Waals surface area (Å²) in [5.74, 6) is 0.286. The Morgan fingerprint density at radius 3 is 2.43 bits per heavy atom. The number of ether oxygens (including phenoxy) is 1. The summed E-state index contributed by atoms with van der Waals surface area (Å²) in [5.41, 5.74) is -0.318. The van der Waals surface area contributed by atoms with Crippen molar-refractivity contribution < 1.29 is 19.0 Å². The first-order valence-electron chi connectivity index (χ1n) is 7.09. The normalized spacial score (nSPS) is 17.6. The maximum Gasteiger partial charge on any atom is 0.293 e. The van der Waals surface area contributed by atoms with Gasteiger partial charge in [-0.25, -0.2) is 0 Å². The molecule has 1 unspecified atom stereocenters. The van der Waals surface area contributed by atoms with E-state index in [1.807, 2.05) is 20.8 Å². The fourth-order valence-corrected chi connectivity index (χ4v) is 2.83. The van der Waals surface area contributed by atoms with Gasteiger partial charge in [-0.3, -0.25) is 4.79 Å².